The average Bonchev–Trinajstić information content (AvgIpc) is 3.11. The lowest BCUT2D eigenvalue weighted by atomic mass is 9.89. The first-order valence-electron chi connectivity index (χ1n) is 10.1. The van der Waals surface area contributed by atoms with Gasteiger partial charge in [-0.1, -0.05) is 51.1 Å². The van der Waals surface area contributed by atoms with Gasteiger partial charge in [0.15, 0.2) is 0 Å². The molecule has 0 spiro atoms. The van der Waals surface area contributed by atoms with Gasteiger partial charge in [-0.15, -0.1) is 0 Å². The first-order chi connectivity index (χ1) is 13.0. The minimum Gasteiger partial charge on any atom is -0.338 e. The molecule has 1 N–H and O–H groups in total. The van der Waals surface area contributed by atoms with Gasteiger partial charge >= 0.3 is 0 Å². The number of fused-ring (bicyclic) bond motifs is 1. The van der Waals surface area contributed by atoms with E-state index >= 15 is 0 Å². The number of hydrogen-bond acceptors (Lipinski definition) is 3. The number of carbonyl (C=O) groups excluding carboxylic acids is 1. The number of aromatic nitrogens is 2. The van der Waals surface area contributed by atoms with Crippen molar-refractivity contribution in [3.8, 4) is 0 Å². The Labute approximate surface area is 162 Å². The van der Waals surface area contributed by atoms with E-state index in [0.717, 1.165) is 38.2 Å². The van der Waals surface area contributed by atoms with E-state index in [2.05, 4.69) is 60.3 Å². The molecule has 146 valence electrons. The van der Waals surface area contributed by atoms with Crippen molar-refractivity contribution in [3.05, 3.63) is 52.8 Å². The maximum absolute atomic E-state index is 13.0. The average molecular weight is 369 g/mol. The molecule has 0 radical (unpaired) electrons. The number of nitrogens with zero attached hydrogens (tertiary/aromatic N) is 3. The third-order valence-electron chi connectivity index (χ3n) is 5.76. The molecular formula is C22H32N4O. The standard InChI is InChI=1S/C22H32N4O/c1-5-18(17-10-8-7-9-11-17)21-19-15-26(13-12-20(19)23-24-21)22(27)16(3)14-25(4)6-2/h7-11,16,18H,5-6,12-15H2,1-4H3,(H,23,24). The zero-order chi connectivity index (χ0) is 19.4. The van der Waals surface area contributed by atoms with E-state index in [0.29, 0.717) is 6.54 Å². The lowest BCUT2D eigenvalue weighted by Gasteiger charge is -2.31. The smallest absolute Gasteiger partial charge is 0.227 e. The summed E-state index contributed by atoms with van der Waals surface area (Å²) in [6.07, 6.45) is 1.85. The number of nitrogens with one attached hydrogen (secondary N) is 1. The second kappa shape index (κ2) is 8.70. The van der Waals surface area contributed by atoms with Gasteiger partial charge in [0.05, 0.1) is 5.69 Å². The summed E-state index contributed by atoms with van der Waals surface area (Å²) in [5, 5.41) is 7.92. The van der Waals surface area contributed by atoms with Gasteiger partial charge < -0.3 is 9.80 Å². The van der Waals surface area contributed by atoms with Gasteiger partial charge in [-0.05, 0) is 25.6 Å². The molecule has 2 aromatic rings. The van der Waals surface area contributed by atoms with E-state index in [1.807, 2.05) is 17.9 Å². The molecule has 2 unspecified atom stereocenters. The van der Waals surface area contributed by atoms with Gasteiger partial charge in [-0.2, -0.15) is 5.10 Å². The number of H-pyrrole nitrogens is 1. The van der Waals surface area contributed by atoms with Crippen LogP contribution in [0.2, 0.25) is 0 Å². The molecule has 2 heterocycles. The van der Waals surface area contributed by atoms with Gasteiger partial charge in [0, 0.05) is 49.1 Å². The van der Waals surface area contributed by atoms with Crippen LogP contribution in [-0.4, -0.2) is 52.6 Å². The fourth-order valence-corrected chi connectivity index (χ4v) is 4.05. The molecule has 0 bridgehead atoms. The molecule has 3 rings (SSSR count). The highest BCUT2D eigenvalue weighted by atomic mass is 16.2. The van der Waals surface area contributed by atoms with Crippen molar-refractivity contribution in [2.45, 2.75) is 46.1 Å². The van der Waals surface area contributed by atoms with Gasteiger partial charge in [0.25, 0.3) is 0 Å². The highest BCUT2D eigenvalue weighted by molar-refractivity contribution is 5.79. The van der Waals surface area contributed by atoms with Gasteiger partial charge in [0.2, 0.25) is 5.91 Å². The first-order valence-corrected chi connectivity index (χ1v) is 10.1. The van der Waals surface area contributed by atoms with Crippen molar-refractivity contribution in [1.82, 2.24) is 20.0 Å². The summed E-state index contributed by atoms with van der Waals surface area (Å²) in [6, 6.07) is 10.6. The van der Waals surface area contributed by atoms with Crippen molar-refractivity contribution in [3.63, 3.8) is 0 Å². The van der Waals surface area contributed by atoms with Crippen molar-refractivity contribution >= 4 is 5.91 Å². The molecule has 27 heavy (non-hydrogen) atoms. The molecule has 1 amide bonds. The molecule has 5 heteroatoms. The van der Waals surface area contributed by atoms with Crippen LogP contribution < -0.4 is 0 Å². The number of aromatic amines is 1. The van der Waals surface area contributed by atoms with Crippen LogP contribution in [0, 0.1) is 5.92 Å². The summed E-state index contributed by atoms with van der Waals surface area (Å²) in [5.74, 6) is 0.536. The molecule has 0 aliphatic carbocycles. The molecular weight excluding hydrogens is 336 g/mol. The van der Waals surface area contributed by atoms with E-state index in [9.17, 15) is 4.79 Å². The van der Waals surface area contributed by atoms with E-state index < -0.39 is 0 Å². The van der Waals surface area contributed by atoms with Crippen LogP contribution in [0.15, 0.2) is 30.3 Å². The van der Waals surface area contributed by atoms with Crippen LogP contribution in [0.25, 0.3) is 0 Å². The van der Waals surface area contributed by atoms with Crippen molar-refractivity contribution in [2.24, 2.45) is 5.92 Å². The van der Waals surface area contributed by atoms with Crippen LogP contribution >= 0.6 is 0 Å². The number of hydrogen-bond donors (Lipinski definition) is 1. The van der Waals surface area contributed by atoms with Crippen LogP contribution in [-0.2, 0) is 17.8 Å². The number of rotatable bonds is 7. The fraction of sp³-hybridized carbons (Fsp3) is 0.545. The maximum atomic E-state index is 13.0. The first kappa shape index (κ1) is 19.6. The van der Waals surface area contributed by atoms with E-state index in [1.54, 1.807) is 0 Å². The molecule has 1 aliphatic rings. The fourth-order valence-electron chi connectivity index (χ4n) is 4.05. The highest BCUT2D eigenvalue weighted by Gasteiger charge is 2.30. The molecule has 1 aromatic carbocycles. The Bertz CT molecular complexity index is 755. The summed E-state index contributed by atoms with van der Waals surface area (Å²) in [4.78, 5) is 17.2. The van der Waals surface area contributed by atoms with Crippen molar-refractivity contribution in [1.29, 1.82) is 0 Å². The van der Waals surface area contributed by atoms with Crippen LogP contribution in [0.1, 0.15) is 55.6 Å². The summed E-state index contributed by atoms with van der Waals surface area (Å²) >= 11 is 0. The molecule has 0 saturated heterocycles. The van der Waals surface area contributed by atoms with Gasteiger partial charge in [0.1, 0.15) is 0 Å². The normalized spacial score (nSPS) is 16.3. The van der Waals surface area contributed by atoms with E-state index in [1.165, 1.54) is 16.8 Å². The largest absolute Gasteiger partial charge is 0.338 e. The zero-order valence-corrected chi connectivity index (χ0v) is 17.0. The van der Waals surface area contributed by atoms with Crippen molar-refractivity contribution in [2.75, 3.05) is 26.7 Å². The Morgan fingerprint density at radius 2 is 2.04 bits per heavy atom. The Hall–Kier alpha value is -2.14. The predicted molar refractivity (Wildman–Crippen MR) is 109 cm³/mol. The van der Waals surface area contributed by atoms with Crippen LogP contribution in [0.4, 0.5) is 0 Å². The summed E-state index contributed by atoms with van der Waals surface area (Å²) in [5.41, 5.74) is 4.81. The Morgan fingerprint density at radius 1 is 1.30 bits per heavy atom. The Balaban J connectivity index is 1.79. The topological polar surface area (TPSA) is 52.2 Å². The predicted octanol–water partition coefficient (Wildman–Crippen LogP) is 3.42. The third kappa shape index (κ3) is 4.24. The second-order valence-corrected chi connectivity index (χ2v) is 7.70. The quantitative estimate of drug-likeness (QED) is 0.815. The Morgan fingerprint density at radius 3 is 2.70 bits per heavy atom. The van der Waals surface area contributed by atoms with Crippen LogP contribution in [0.5, 0.6) is 0 Å². The van der Waals surface area contributed by atoms with E-state index in [4.69, 9.17) is 0 Å². The summed E-state index contributed by atoms with van der Waals surface area (Å²) in [7, 11) is 2.07. The van der Waals surface area contributed by atoms with Gasteiger partial charge in [-0.3, -0.25) is 9.89 Å². The lowest BCUT2D eigenvalue weighted by Crippen LogP contribution is -2.42. The minimum atomic E-state index is 0.0166. The lowest BCUT2D eigenvalue weighted by molar-refractivity contribution is -0.136. The number of carbonyl (C=O) groups is 1. The molecule has 5 nitrogen and oxygen atoms in total. The minimum absolute atomic E-state index is 0.0166. The highest BCUT2D eigenvalue weighted by Crippen LogP contribution is 2.32. The van der Waals surface area contributed by atoms with Gasteiger partial charge in [-0.25, -0.2) is 0 Å². The Kier molecular flexibility index (Phi) is 6.32. The molecule has 1 aromatic heterocycles. The monoisotopic (exact) mass is 368 g/mol. The molecule has 2 atom stereocenters. The summed E-state index contributed by atoms with van der Waals surface area (Å²) in [6.45, 7) is 9.57. The second-order valence-electron chi connectivity index (χ2n) is 7.70. The number of amides is 1. The molecule has 0 saturated carbocycles. The summed E-state index contributed by atoms with van der Waals surface area (Å²) < 4.78 is 0. The van der Waals surface area contributed by atoms with Crippen LogP contribution in [0.3, 0.4) is 0 Å². The third-order valence-corrected chi connectivity index (χ3v) is 5.76. The number of benzene rings is 1. The zero-order valence-electron chi connectivity index (χ0n) is 17.0. The molecule has 1 aliphatic heterocycles. The SMILES string of the molecule is CCC(c1ccccc1)c1n[nH]c2c1CN(C(=O)C(C)CN(C)CC)CC2. The maximum Gasteiger partial charge on any atom is 0.227 e. The van der Waals surface area contributed by atoms with Crippen molar-refractivity contribution < 1.29 is 4.79 Å². The molecule has 0 fully saturated rings. The van der Waals surface area contributed by atoms with E-state index in [-0.39, 0.29) is 17.7 Å².